The third-order valence-electron chi connectivity index (χ3n) is 7.01. The zero-order chi connectivity index (χ0) is 21.5. The van der Waals surface area contributed by atoms with Crippen LogP contribution in [0.4, 0.5) is 4.79 Å². The molecule has 8 nitrogen and oxygen atoms in total. The Labute approximate surface area is 177 Å². The van der Waals surface area contributed by atoms with Gasteiger partial charge in [-0.2, -0.15) is 0 Å². The molecular weight excluding hydrogens is 384 g/mol. The van der Waals surface area contributed by atoms with Gasteiger partial charge >= 0.3 is 6.09 Å². The molecule has 2 aliphatic heterocycles. The Morgan fingerprint density at radius 3 is 2.23 bits per heavy atom. The minimum atomic E-state index is -0.294. The minimum absolute atomic E-state index is 0.0623. The van der Waals surface area contributed by atoms with E-state index in [0.29, 0.717) is 51.6 Å². The largest absolute Gasteiger partial charge is 0.450 e. The van der Waals surface area contributed by atoms with Crippen molar-refractivity contribution in [2.75, 3.05) is 45.9 Å². The maximum absolute atomic E-state index is 13.0. The van der Waals surface area contributed by atoms with E-state index < -0.39 is 0 Å². The molecule has 0 unspecified atom stereocenters. The third kappa shape index (κ3) is 3.79. The first-order chi connectivity index (χ1) is 14.3. The van der Waals surface area contributed by atoms with Gasteiger partial charge in [0.2, 0.25) is 5.91 Å². The van der Waals surface area contributed by atoms with Gasteiger partial charge in [0.25, 0.3) is 5.91 Å². The van der Waals surface area contributed by atoms with E-state index in [1.807, 2.05) is 29.7 Å². The maximum atomic E-state index is 13.0. The van der Waals surface area contributed by atoms with Crippen molar-refractivity contribution in [3.05, 3.63) is 23.0 Å². The minimum Gasteiger partial charge on any atom is -0.450 e. The van der Waals surface area contributed by atoms with Gasteiger partial charge in [-0.25, -0.2) is 4.79 Å². The average Bonchev–Trinajstić information content (AvgIpc) is 3.33. The van der Waals surface area contributed by atoms with Crippen LogP contribution in [0.2, 0.25) is 0 Å². The van der Waals surface area contributed by atoms with Crippen LogP contribution in [0.25, 0.3) is 0 Å². The second-order valence-electron chi connectivity index (χ2n) is 8.93. The topological polar surface area (TPSA) is 85.9 Å². The van der Waals surface area contributed by atoms with Gasteiger partial charge in [-0.05, 0) is 57.1 Å². The van der Waals surface area contributed by atoms with Gasteiger partial charge in [0.1, 0.15) is 5.69 Å². The van der Waals surface area contributed by atoms with Crippen molar-refractivity contribution in [2.24, 2.45) is 11.3 Å². The molecule has 0 aromatic carbocycles. The van der Waals surface area contributed by atoms with Crippen LogP contribution in [0.3, 0.4) is 0 Å². The number of carbonyl (C=O) groups is 3. The summed E-state index contributed by atoms with van der Waals surface area (Å²) in [6.07, 6.45) is 2.40. The van der Waals surface area contributed by atoms with E-state index in [-0.39, 0.29) is 29.2 Å². The number of nitrogens with zero attached hydrogens (tertiary/aromatic N) is 3. The van der Waals surface area contributed by atoms with Gasteiger partial charge in [0.05, 0.1) is 6.61 Å². The van der Waals surface area contributed by atoms with Crippen molar-refractivity contribution in [1.82, 2.24) is 19.7 Å². The summed E-state index contributed by atoms with van der Waals surface area (Å²) in [6, 6.07) is 2.00. The number of carbonyl (C=O) groups excluding carboxylic acids is 3. The molecule has 1 aromatic heterocycles. The van der Waals surface area contributed by atoms with E-state index in [9.17, 15) is 14.4 Å². The molecule has 2 saturated heterocycles. The van der Waals surface area contributed by atoms with Crippen molar-refractivity contribution < 1.29 is 19.1 Å². The number of amides is 3. The zero-order valence-corrected chi connectivity index (χ0v) is 18.2. The molecule has 1 aliphatic carbocycles. The molecule has 164 valence electrons. The highest BCUT2D eigenvalue weighted by molar-refractivity contribution is 5.94. The van der Waals surface area contributed by atoms with Gasteiger partial charge in [-0.3, -0.25) is 9.59 Å². The normalized spacial score (nSPS) is 22.9. The van der Waals surface area contributed by atoms with Crippen LogP contribution in [-0.2, 0) is 9.53 Å². The second-order valence-corrected chi connectivity index (χ2v) is 8.93. The summed E-state index contributed by atoms with van der Waals surface area (Å²) in [6.45, 7) is 9.69. The number of aromatic amines is 1. The Morgan fingerprint density at radius 1 is 1.03 bits per heavy atom. The number of rotatable bonds is 3. The number of hydrogen-bond donors (Lipinski definition) is 1. The lowest BCUT2D eigenvalue weighted by Gasteiger charge is -2.36. The molecule has 3 heterocycles. The highest BCUT2D eigenvalue weighted by Gasteiger charge is 2.59. The lowest BCUT2D eigenvalue weighted by Crippen LogP contribution is -2.51. The summed E-state index contributed by atoms with van der Waals surface area (Å²) in [5.74, 6) is 0.349. The van der Waals surface area contributed by atoms with Crippen LogP contribution in [0.1, 0.15) is 47.9 Å². The lowest BCUT2D eigenvalue weighted by molar-refractivity contribution is -0.135. The van der Waals surface area contributed by atoms with E-state index in [1.54, 1.807) is 11.8 Å². The van der Waals surface area contributed by atoms with Crippen molar-refractivity contribution in [2.45, 2.75) is 40.0 Å². The highest BCUT2D eigenvalue weighted by atomic mass is 16.6. The molecule has 0 bridgehead atoms. The summed E-state index contributed by atoms with van der Waals surface area (Å²) in [5.41, 5.74) is 2.73. The summed E-state index contributed by atoms with van der Waals surface area (Å²) in [7, 11) is 0. The number of nitrogens with one attached hydrogen (secondary N) is 1. The lowest BCUT2D eigenvalue weighted by atomic mass is 9.90. The van der Waals surface area contributed by atoms with E-state index in [1.165, 1.54) is 0 Å². The van der Waals surface area contributed by atoms with Crippen LogP contribution in [0, 0.1) is 25.2 Å². The number of likely N-dealkylation sites (tertiary alicyclic amines) is 1. The fraction of sp³-hybridized carbons (Fsp3) is 0.682. The standard InChI is InChI=1S/C22H32N4O4/c1-4-30-21(29)26-11-9-25(10-12-26)19(27)17-14-22(17)5-7-24(8-6-22)20(28)18-15(2)13-16(3)23-18/h13,17,23H,4-12,14H2,1-3H3/t17-/m1/s1. The average molecular weight is 417 g/mol. The molecule has 4 rings (SSSR count). The van der Waals surface area contributed by atoms with E-state index in [4.69, 9.17) is 4.74 Å². The third-order valence-corrected chi connectivity index (χ3v) is 7.01. The van der Waals surface area contributed by atoms with Gasteiger partial charge < -0.3 is 24.4 Å². The number of ether oxygens (including phenoxy) is 1. The molecule has 8 heteroatoms. The first-order valence-corrected chi connectivity index (χ1v) is 11.0. The molecular formula is C22H32N4O4. The Kier molecular flexibility index (Phi) is 5.51. The fourth-order valence-electron chi connectivity index (χ4n) is 5.06. The zero-order valence-electron chi connectivity index (χ0n) is 18.2. The number of H-pyrrole nitrogens is 1. The Morgan fingerprint density at radius 2 is 1.67 bits per heavy atom. The number of piperazine rings is 1. The summed E-state index contributed by atoms with van der Waals surface area (Å²) in [4.78, 5) is 46.4. The van der Waals surface area contributed by atoms with Crippen LogP contribution in [0.15, 0.2) is 6.07 Å². The summed E-state index contributed by atoms with van der Waals surface area (Å²) < 4.78 is 5.05. The smallest absolute Gasteiger partial charge is 0.409 e. The first kappa shape index (κ1) is 20.8. The predicted molar refractivity (Wildman–Crippen MR) is 111 cm³/mol. The molecule has 3 amide bonds. The Hall–Kier alpha value is -2.51. The van der Waals surface area contributed by atoms with Crippen molar-refractivity contribution in [3.8, 4) is 0 Å². The predicted octanol–water partition coefficient (Wildman–Crippen LogP) is 2.17. The number of aromatic nitrogens is 1. The van der Waals surface area contributed by atoms with Gasteiger partial charge in [-0.15, -0.1) is 0 Å². The first-order valence-electron chi connectivity index (χ1n) is 11.0. The Balaban J connectivity index is 1.28. The van der Waals surface area contributed by atoms with Crippen LogP contribution < -0.4 is 0 Å². The molecule has 3 fully saturated rings. The molecule has 1 aromatic rings. The van der Waals surface area contributed by atoms with Crippen molar-refractivity contribution in [1.29, 1.82) is 0 Å². The monoisotopic (exact) mass is 416 g/mol. The molecule has 1 N–H and O–H groups in total. The highest BCUT2D eigenvalue weighted by Crippen LogP contribution is 2.60. The van der Waals surface area contributed by atoms with Crippen LogP contribution in [0.5, 0.6) is 0 Å². The van der Waals surface area contributed by atoms with Crippen molar-refractivity contribution in [3.63, 3.8) is 0 Å². The molecule has 0 radical (unpaired) electrons. The molecule has 30 heavy (non-hydrogen) atoms. The maximum Gasteiger partial charge on any atom is 0.409 e. The molecule has 1 spiro atoms. The van der Waals surface area contributed by atoms with E-state index >= 15 is 0 Å². The van der Waals surface area contributed by atoms with Gasteiger partial charge in [0, 0.05) is 50.9 Å². The fourth-order valence-corrected chi connectivity index (χ4v) is 5.06. The molecule has 3 aliphatic rings. The molecule has 1 atom stereocenters. The van der Waals surface area contributed by atoms with Crippen LogP contribution >= 0.6 is 0 Å². The summed E-state index contributed by atoms with van der Waals surface area (Å²) >= 11 is 0. The second kappa shape index (κ2) is 7.96. The van der Waals surface area contributed by atoms with Crippen molar-refractivity contribution >= 4 is 17.9 Å². The number of aryl methyl sites for hydroxylation is 2. The number of hydrogen-bond acceptors (Lipinski definition) is 4. The van der Waals surface area contributed by atoms with E-state index in [0.717, 1.165) is 30.5 Å². The number of piperidine rings is 1. The van der Waals surface area contributed by atoms with Gasteiger partial charge in [-0.1, -0.05) is 0 Å². The summed E-state index contributed by atoms with van der Waals surface area (Å²) in [5, 5.41) is 0. The van der Waals surface area contributed by atoms with Gasteiger partial charge in [0.15, 0.2) is 0 Å². The molecule has 1 saturated carbocycles. The van der Waals surface area contributed by atoms with Crippen LogP contribution in [-0.4, -0.2) is 83.5 Å². The van der Waals surface area contributed by atoms with E-state index in [2.05, 4.69) is 4.98 Å². The quantitative estimate of drug-likeness (QED) is 0.818. The Bertz CT molecular complexity index is 832. The SMILES string of the molecule is CCOC(=O)N1CCN(C(=O)[C@H]2CC23CCN(C(=O)c2[nH]c(C)cc2C)CC3)CC1.